The van der Waals surface area contributed by atoms with Crippen LogP contribution in [-0.4, -0.2) is 23.7 Å². The quantitative estimate of drug-likeness (QED) is 0.443. The van der Waals surface area contributed by atoms with E-state index in [0.717, 1.165) is 11.9 Å². The molecule has 1 aliphatic heterocycles. The number of hydrogen-bond acceptors (Lipinski definition) is 2. The zero-order valence-corrected chi connectivity index (χ0v) is 14.0. The minimum Gasteiger partial charge on any atom is -0.378 e. The van der Waals surface area contributed by atoms with Crippen LogP contribution in [0.4, 0.5) is 0 Å². The van der Waals surface area contributed by atoms with Crippen molar-refractivity contribution in [2.24, 2.45) is 0 Å². The predicted octanol–water partition coefficient (Wildman–Crippen LogP) is 5.82. The Morgan fingerprint density at radius 3 is 2.68 bits per heavy atom. The summed E-state index contributed by atoms with van der Waals surface area (Å²) >= 11 is 2.22. The summed E-state index contributed by atoms with van der Waals surface area (Å²) in [4.78, 5) is 0. The molecule has 2 unspecified atom stereocenters. The van der Waals surface area contributed by atoms with E-state index in [1.54, 1.807) is 0 Å². The molecule has 0 aliphatic carbocycles. The molecule has 0 aromatic rings. The molecule has 1 fully saturated rings. The van der Waals surface area contributed by atoms with Gasteiger partial charge in [0.1, 0.15) is 0 Å². The first-order valence-corrected chi connectivity index (χ1v) is 9.64. The third-order valence-electron chi connectivity index (χ3n) is 4.13. The van der Waals surface area contributed by atoms with Crippen molar-refractivity contribution in [2.75, 3.05) is 12.4 Å². The van der Waals surface area contributed by atoms with Gasteiger partial charge in [0.25, 0.3) is 0 Å². The Morgan fingerprint density at radius 2 is 2.00 bits per heavy atom. The average Bonchev–Trinajstić information content (AvgIpc) is 2.47. The molecule has 2 atom stereocenters. The molecular weight excluding hydrogens is 252 g/mol. The fourth-order valence-corrected chi connectivity index (χ4v) is 4.05. The van der Waals surface area contributed by atoms with Crippen LogP contribution in [0.25, 0.3) is 0 Å². The number of unbranched alkanes of at least 4 members (excludes halogenated alkanes) is 3. The topological polar surface area (TPSA) is 9.23 Å². The van der Waals surface area contributed by atoms with Crippen molar-refractivity contribution >= 4 is 11.8 Å². The van der Waals surface area contributed by atoms with Gasteiger partial charge in [-0.2, -0.15) is 11.8 Å². The van der Waals surface area contributed by atoms with Crippen LogP contribution in [0.3, 0.4) is 0 Å². The third kappa shape index (κ3) is 8.96. The lowest BCUT2D eigenvalue weighted by Gasteiger charge is -2.22. The second-order valence-corrected chi connectivity index (χ2v) is 7.29. The Morgan fingerprint density at radius 1 is 1.11 bits per heavy atom. The van der Waals surface area contributed by atoms with Crippen LogP contribution in [0, 0.1) is 0 Å². The molecule has 0 saturated carbocycles. The highest BCUT2D eigenvalue weighted by molar-refractivity contribution is 7.99. The summed E-state index contributed by atoms with van der Waals surface area (Å²) in [5, 5.41) is 0.918. The van der Waals surface area contributed by atoms with Crippen molar-refractivity contribution in [2.45, 2.75) is 95.8 Å². The highest BCUT2D eigenvalue weighted by Crippen LogP contribution is 2.23. The largest absolute Gasteiger partial charge is 0.378 e. The fraction of sp³-hybridized carbons (Fsp3) is 1.00. The second kappa shape index (κ2) is 12.1. The summed E-state index contributed by atoms with van der Waals surface area (Å²) in [5.74, 6) is 1.37. The first-order chi connectivity index (χ1) is 9.36. The number of rotatable bonds is 11. The van der Waals surface area contributed by atoms with Gasteiger partial charge in [-0.15, -0.1) is 0 Å². The SMILES string of the molecule is CCCCC(CC)SCCCCCC1CCCCO1. The normalized spacial score (nSPS) is 21.5. The van der Waals surface area contributed by atoms with Gasteiger partial charge in [-0.1, -0.05) is 39.5 Å². The molecule has 0 aromatic heterocycles. The Bertz CT molecular complexity index is 190. The first kappa shape index (κ1) is 17.4. The maximum atomic E-state index is 5.78. The lowest BCUT2D eigenvalue weighted by Crippen LogP contribution is -2.18. The zero-order valence-electron chi connectivity index (χ0n) is 13.2. The molecule has 1 saturated heterocycles. The number of thioether (sulfide) groups is 1. The molecule has 0 spiro atoms. The summed E-state index contributed by atoms with van der Waals surface area (Å²) < 4.78 is 5.78. The molecule has 2 heteroatoms. The van der Waals surface area contributed by atoms with Crippen LogP contribution in [-0.2, 0) is 4.74 Å². The Labute approximate surface area is 125 Å². The maximum Gasteiger partial charge on any atom is 0.0575 e. The van der Waals surface area contributed by atoms with E-state index in [9.17, 15) is 0 Å². The van der Waals surface area contributed by atoms with Crippen LogP contribution in [0.15, 0.2) is 0 Å². The first-order valence-electron chi connectivity index (χ1n) is 8.60. The molecule has 0 amide bonds. The van der Waals surface area contributed by atoms with Gasteiger partial charge in [0.2, 0.25) is 0 Å². The van der Waals surface area contributed by atoms with Gasteiger partial charge in [-0.25, -0.2) is 0 Å². The van der Waals surface area contributed by atoms with Crippen LogP contribution >= 0.6 is 11.8 Å². The molecular formula is C17H34OS. The van der Waals surface area contributed by atoms with E-state index in [2.05, 4.69) is 25.6 Å². The monoisotopic (exact) mass is 286 g/mol. The van der Waals surface area contributed by atoms with Gasteiger partial charge < -0.3 is 4.74 Å². The van der Waals surface area contributed by atoms with E-state index in [1.807, 2.05) is 0 Å². The van der Waals surface area contributed by atoms with Gasteiger partial charge in [-0.05, 0) is 50.7 Å². The van der Waals surface area contributed by atoms with E-state index in [0.29, 0.717) is 6.10 Å². The van der Waals surface area contributed by atoms with Gasteiger partial charge >= 0.3 is 0 Å². The Balaban J connectivity index is 1.89. The smallest absolute Gasteiger partial charge is 0.0575 e. The molecule has 114 valence electrons. The van der Waals surface area contributed by atoms with Gasteiger partial charge in [0.15, 0.2) is 0 Å². The van der Waals surface area contributed by atoms with Gasteiger partial charge in [-0.3, -0.25) is 0 Å². The summed E-state index contributed by atoms with van der Waals surface area (Å²) in [6, 6.07) is 0. The number of hydrogen-bond donors (Lipinski definition) is 0. The molecule has 1 nitrogen and oxygen atoms in total. The molecule has 0 aromatic carbocycles. The summed E-state index contributed by atoms with van der Waals surface area (Å²) in [7, 11) is 0. The van der Waals surface area contributed by atoms with Crippen LogP contribution < -0.4 is 0 Å². The van der Waals surface area contributed by atoms with Crippen molar-refractivity contribution in [1.82, 2.24) is 0 Å². The summed E-state index contributed by atoms with van der Waals surface area (Å²) in [5.41, 5.74) is 0. The van der Waals surface area contributed by atoms with E-state index in [-0.39, 0.29) is 0 Å². The molecule has 1 heterocycles. The fourth-order valence-electron chi connectivity index (χ4n) is 2.77. The van der Waals surface area contributed by atoms with Crippen LogP contribution in [0.2, 0.25) is 0 Å². The third-order valence-corrected chi connectivity index (χ3v) is 5.70. The number of ether oxygens (including phenoxy) is 1. The summed E-state index contributed by atoms with van der Waals surface area (Å²) in [6.45, 7) is 5.65. The summed E-state index contributed by atoms with van der Waals surface area (Å²) in [6.07, 6.45) is 15.6. The van der Waals surface area contributed by atoms with Gasteiger partial charge in [0.05, 0.1) is 6.10 Å². The Hall–Kier alpha value is 0.310. The van der Waals surface area contributed by atoms with E-state index < -0.39 is 0 Å². The minimum atomic E-state index is 0.592. The van der Waals surface area contributed by atoms with Gasteiger partial charge in [0, 0.05) is 11.9 Å². The predicted molar refractivity (Wildman–Crippen MR) is 88.1 cm³/mol. The van der Waals surface area contributed by atoms with Crippen LogP contribution in [0.5, 0.6) is 0 Å². The maximum absolute atomic E-state index is 5.78. The zero-order chi connectivity index (χ0) is 13.8. The van der Waals surface area contributed by atoms with Crippen molar-refractivity contribution < 1.29 is 4.74 Å². The molecule has 0 radical (unpaired) electrons. The molecule has 1 rings (SSSR count). The molecule has 19 heavy (non-hydrogen) atoms. The van der Waals surface area contributed by atoms with Crippen LogP contribution in [0.1, 0.15) is 84.5 Å². The standard InChI is InChI=1S/C17H34OS/c1-3-5-13-17(4-2)19-15-10-6-7-11-16-12-8-9-14-18-16/h16-17H,3-15H2,1-2H3. The van der Waals surface area contributed by atoms with Crippen molar-refractivity contribution in [3.8, 4) is 0 Å². The van der Waals surface area contributed by atoms with E-state index in [1.165, 1.54) is 76.4 Å². The minimum absolute atomic E-state index is 0.592. The van der Waals surface area contributed by atoms with Crippen molar-refractivity contribution in [1.29, 1.82) is 0 Å². The van der Waals surface area contributed by atoms with Crippen molar-refractivity contribution in [3.63, 3.8) is 0 Å². The lowest BCUT2D eigenvalue weighted by atomic mass is 10.0. The second-order valence-electron chi connectivity index (χ2n) is 5.88. The average molecular weight is 287 g/mol. The Kier molecular flexibility index (Phi) is 11.0. The molecule has 1 aliphatic rings. The lowest BCUT2D eigenvalue weighted by molar-refractivity contribution is 0.00985. The highest BCUT2D eigenvalue weighted by atomic mass is 32.2. The highest BCUT2D eigenvalue weighted by Gasteiger charge is 2.12. The van der Waals surface area contributed by atoms with E-state index >= 15 is 0 Å². The molecule has 0 N–H and O–H groups in total. The van der Waals surface area contributed by atoms with E-state index in [4.69, 9.17) is 4.74 Å². The van der Waals surface area contributed by atoms with Crippen molar-refractivity contribution in [3.05, 3.63) is 0 Å². The molecule has 0 bridgehead atoms.